The van der Waals surface area contributed by atoms with Gasteiger partial charge in [0.25, 0.3) is 0 Å². The van der Waals surface area contributed by atoms with Crippen molar-refractivity contribution in [2.24, 2.45) is 11.7 Å². The van der Waals surface area contributed by atoms with Crippen LogP contribution in [0.25, 0.3) is 0 Å². The number of halogens is 1. The van der Waals surface area contributed by atoms with Crippen molar-refractivity contribution in [1.82, 2.24) is 0 Å². The van der Waals surface area contributed by atoms with E-state index in [1.807, 2.05) is 6.07 Å². The Balaban J connectivity index is 2.33. The normalized spacial score (nSPS) is 18.8. The van der Waals surface area contributed by atoms with Gasteiger partial charge in [-0.3, -0.25) is 9.59 Å². The van der Waals surface area contributed by atoms with Crippen molar-refractivity contribution in [3.05, 3.63) is 28.2 Å². The second-order valence-corrected chi connectivity index (χ2v) is 5.03. The van der Waals surface area contributed by atoms with Crippen LogP contribution in [0.2, 0.25) is 0 Å². The third-order valence-corrected chi connectivity index (χ3v) is 3.31. The molecule has 6 heteroatoms. The summed E-state index contributed by atoms with van der Waals surface area (Å²) in [6.45, 7) is 0.273. The highest BCUT2D eigenvalue weighted by molar-refractivity contribution is 9.10. The van der Waals surface area contributed by atoms with Gasteiger partial charge < -0.3 is 10.6 Å². The van der Waals surface area contributed by atoms with Gasteiger partial charge in [0.15, 0.2) is 0 Å². The van der Waals surface area contributed by atoms with Crippen molar-refractivity contribution in [2.75, 3.05) is 11.4 Å². The van der Waals surface area contributed by atoms with Crippen LogP contribution < -0.4 is 10.6 Å². The summed E-state index contributed by atoms with van der Waals surface area (Å²) in [4.78, 5) is 24.4. The molecule has 1 aromatic rings. The monoisotopic (exact) mass is 307 g/mol. The molecule has 0 aliphatic carbocycles. The van der Waals surface area contributed by atoms with E-state index in [9.17, 15) is 9.59 Å². The van der Waals surface area contributed by atoms with Gasteiger partial charge in [-0.25, -0.2) is 0 Å². The summed E-state index contributed by atoms with van der Waals surface area (Å²) in [5.41, 5.74) is 6.27. The molecule has 18 heavy (non-hydrogen) atoms. The number of nitrogens with zero attached hydrogens (tertiary/aromatic N) is 2. The highest BCUT2D eigenvalue weighted by atomic mass is 79.9. The van der Waals surface area contributed by atoms with Crippen molar-refractivity contribution >= 4 is 33.4 Å². The first-order valence-electron chi connectivity index (χ1n) is 5.31. The van der Waals surface area contributed by atoms with Gasteiger partial charge >= 0.3 is 0 Å². The fourth-order valence-electron chi connectivity index (χ4n) is 1.94. The smallest absolute Gasteiger partial charge is 0.227 e. The van der Waals surface area contributed by atoms with Gasteiger partial charge in [0, 0.05) is 23.1 Å². The van der Waals surface area contributed by atoms with E-state index in [1.54, 1.807) is 18.2 Å². The summed E-state index contributed by atoms with van der Waals surface area (Å²) < 4.78 is 0.715. The third kappa shape index (κ3) is 2.36. The van der Waals surface area contributed by atoms with Gasteiger partial charge in [-0.2, -0.15) is 5.26 Å². The number of nitriles is 1. The molecule has 1 atom stereocenters. The van der Waals surface area contributed by atoms with Gasteiger partial charge in [0.2, 0.25) is 11.8 Å². The molecule has 2 rings (SSSR count). The molecule has 2 N–H and O–H groups in total. The minimum Gasteiger partial charge on any atom is -0.369 e. The molecule has 1 aliphatic heterocycles. The molecule has 0 spiro atoms. The third-order valence-electron chi connectivity index (χ3n) is 2.85. The molecular formula is C12H10BrN3O2. The fourth-order valence-corrected chi connectivity index (χ4v) is 2.42. The molecule has 0 saturated carbocycles. The van der Waals surface area contributed by atoms with Crippen LogP contribution in [-0.4, -0.2) is 18.4 Å². The molecule has 5 nitrogen and oxygen atoms in total. The Kier molecular flexibility index (Phi) is 3.34. The molecule has 0 bridgehead atoms. The Bertz CT molecular complexity index is 565. The maximum absolute atomic E-state index is 11.8. The van der Waals surface area contributed by atoms with Crippen LogP contribution in [-0.2, 0) is 9.59 Å². The van der Waals surface area contributed by atoms with Crippen molar-refractivity contribution in [3.63, 3.8) is 0 Å². The summed E-state index contributed by atoms with van der Waals surface area (Å²) in [5, 5.41) is 8.89. The summed E-state index contributed by atoms with van der Waals surface area (Å²) in [7, 11) is 0. The van der Waals surface area contributed by atoms with E-state index in [4.69, 9.17) is 11.0 Å². The Morgan fingerprint density at radius 1 is 1.50 bits per heavy atom. The van der Waals surface area contributed by atoms with Crippen molar-refractivity contribution in [1.29, 1.82) is 5.26 Å². The van der Waals surface area contributed by atoms with Gasteiger partial charge in [-0.1, -0.05) is 15.9 Å². The molecule has 2 amide bonds. The van der Waals surface area contributed by atoms with Gasteiger partial charge in [0.05, 0.1) is 17.6 Å². The van der Waals surface area contributed by atoms with E-state index in [-0.39, 0.29) is 18.9 Å². The Hall–Kier alpha value is -1.87. The Labute approximate surface area is 112 Å². The van der Waals surface area contributed by atoms with Crippen molar-refractivity contribution < 1.29 is 9.59 Å². The maximum Gasteiger partial charge on any atom is 0.227 e. The van der Waals surface area contributed by atoms with Crippen molar-refractivity contribution in [3.8, 4) is 6.07 Å². The Morgan fingerprint density at radius 3 is 2.78 bits per heavy atom. The van der Waals surface area contributed by atoms with Crippen LogP contribution in [0, 0.1) is 17.2 Å². The lowest BCUT2D eigenvalue weighted by Gasteiger charge is -2.16. The number of amides is 2. The number of rotatable bonds is 2. The van der Waals surface area contributed by atoms with E-state index in [2.05, 4.69) is 15.9 Å². The van der Waals surface area contributed by atoms with E-state index >= 15 is 0 Å². The molecule has 92 valence electrons. The highest BCUT2D eigenvalue weighted by Crippen LogP contribution is 2.28. The zero-order valence-corrected chi connectivity index (χ0v) is 11.0. The minimum absolute atomic E-state index is 0.129. The summed E-state index contributed by atoms with van der Waals surface area (Å²) in [5.74, 6) is -1.08. The standard InChI is InChI=1S/C12H10BrN3O2/c13-9-1-7(5-14)2-10(4-9)16-6-8(12(15)18)3-11(16)17/h1-2,4,8H,3,6H2,(H2,15,18). The molecule has 0 aromatic heterocycles. The number of carbonyl (C=O) groups excluding carboxylic acids is 2. The molecule has 1 fully saturated rings. The number of hydrogen-bond acceptors (Lipinski definition) is 3. The maximum atomic E-state index is 11.8. The molecule has 1 aromatic carbocycles. The molecule has 0 radical (unpaired) electrons. The van der Waals surface area contributed by atoms with Gasteiger partial charge in [0.1, 0.15) is 0 Å². The average molecular weight is 308 g/mol. The van der Waals surface area contributed by atoms with E-state index in [0.717, 1.165) is 0 Å². The summed E-state index contributed by atoms with van der Waals surface area (Å²) in [6.07, 6.45) is 0.129. The van der Waals surface area contributed by atoms with E-state index < -0.39 is 11.8 Å². The zero-order valence-electron chi connectivity index (χ0n) is 9.39. The van der Waals surface area contributed by atoms with Crippen LogP contribution in [0.5, 0.6) is 0 Å². The lowest BCUT2D eigenvalue weighted by molar-refractivity contribution is -0.123. The summed E-state index contributed by atoms with van der Waals surface area (Å²) in [6, 6.07) is 7.04. The number of primary amides is 1. The zero-order chi connectivity index (χ0) is 13.3. The molecular weight excluding hydrogens is 298 g/mol. The number of nitrogens with two attached hydrogens (primary N) is 1. The molecule has 1 unspecified atom stereocenters. The van der Waals surface area contributed by atoms with Crippen molar-refractivity contribution in [2.45, 2.75) is 6.42 Å². The van der Waals surface area contributed by atoms with E-state index in [1.165, 1.54) is 4.90 Å². The van der Waals surface area contributed by atoms with Gasteiger partial charge in [-0.15, -0.1) is 0 Å². The summed E-state index contributed by atoms with van der Waals surface area (Å²) >= 11 is 3.28. The van der Waals surface area contributed by atoms with Crippen LogP contribution in [0.3, 0.4) is 0 Å². The predicted molar refractivity (Wildman–Crippen MR) is 68.5 cm³/mol. The number of benzene rings is 1. The number of hydrogen-bond donors (Lipinski definition) is 1. The van der Waals surface area contributed by atoms with E-state index in [0.29, 0.717) is 15.7 Å². The first kappa shape index (κ1) is 12.6. The predicted octanol–water partition coefficient (Wildman–Crippen LogP) is 1.16. The fraction of sp³-hybridized carbons (Fsp3) is 0.250. The molecule has 1 saturated heterocycles. The van der Waals surface area contributed by atoms with Gasteiger partial charge in [-0.05, 0) is 18.2 Å². The molecule has 1 heterocycles. The lowest BCUT2D eigenvalue weighted by Crippen LogP contribution is -2.28. The first-order valence-corrected chi connectivity index (χ1v) is 6.11. The highest BCUT2D eigenvalue weighted by Gasteiger charge is 2.34. The number of carbonyl (C=O) groups is 2. The largest absolute Gasteiger partial charge is 0.369 e. The quantitative estimate of drug-likeness (QED) is 0.889. The van der Waals surface area contributed by atoms with Crippen LogP contribution in [0.4, 0.5) is 5.69 Å². The molecule has 1 aliphatic rings. The first-order chi connectivity index (χ1) is 8.51. The SMILES string of the molecule is N#Cc1cc(Br)cc(N2CC(C(N)=O)CC2=O)c1. The van der Waals surface area contributed by atoms with Crippen LogP contribution >= 0.6 is 15.9 Å². The lowest BCUT2D eigenvalue weighted by atomic mass is 10.1. The number of anilines is 1. The second-order valence-electron chi connectivity index (χ2n) is 4.12. The average Bonchev–Trinajstić information content (AvgIpc) is 2.70. The second kappa shape index (κ2) is 4.78. The topological polar surface area (TPSA) is 87.2 Å². The van der Waals surface area contributed by atoms with Crippen LogP contribution in [0.15, 0.2) is 22.7 Å². The van der Waals surface area contributed by atoms with Crippen LogP contribution in [0.1, 0.15) is 12.0 Å². The minimum atomic E-state index is -0.471. The Morgan fingerprint density at radius 2 is 2.22 bits per heavy atom.